The molecule has 0 bridgehead atoms. The number of ether oxygens (including phenoxy) is 3. The van der Waals surface area contributed by atoms with Crippen LogP contribution in [0.25, 0.3) is 0 Å². The van der Waals surface area contributed by atoms with Crippen LogP contribution in [0.4, 0.5) is 0 Å². The van der Waals surface area contributed by atoms with Crippen molar-refractivity contribution in [1.82, 2.24) is 4.90 Å². The third-order valence-electron chi connectivity index (χ3n) is 3.85. The fourth-order valence-corrected chi connectivity index (χ4v) is 2.96. The number of hydrogen-bond acceptors (Lipinski definition) is 6. The van der Waals surface area contributed by atoms with Gasteiger partial charge in [-0.15, -0.1) is 0 Å². The van der Waals surface area contributed by atoms with Crippen LogP contribution in [-0.2, 0) is 11.3 Å². The predicted octanol–water partition coefficient (Wildman–Crippen LogP) is 1.85. The molecule has 0 aromatic heterocycles. The maximum atomic E-state index is 12.4. The molecule has 26 heavy (non-hydrogen) atoms. The van der Waals surface area contributed by atoms with Crippen molar-refractivity contribution in [2.24, 2.45) is 9.98 Å². The monoisotopic (exact) mass is 378 g/mol. The van der Waals surface area contributed by atoms with E-state index in [0.29, 0.717) is 22.8 Å². The van der Waals surface area contributed by atoms with Gasteiger partial charge < -0.3 is 19.3 Å². The van der Waals surface area contributed by atoms with Crippen molar-refractivity contribution in [3.63, 3.8) is 0 Å². The summed E-state index contributed by atoms with van der Waals surface area (Å²) in [4.78, 5) is 21.2. The van der Waals surface area contributed by atoms with Gasteiger partial charge in [-0.2, -0.15) is 9.98 Å². The van der Waals surface area contributed by atoms with Crippen molar-refractivity contribution in [2.75, 3.05) is 21.3 Å². The lowest BCUT2D eigenvalue weighted by Gasteiger charge is -2.21. The second kappa shape index (κ2) is 6.68. The standard InChI is InChI=1S/C16H15ClN4O5/c1-24-8-4-7(5-9(25-2)12(8)26-3)6-21-14-10(11(22)15(21)23)13(17)19-16(18)20-14/h4-5,18,22H,6H2,1-3H3. The van der Waals surface area contributed by atoms with Gasteiger partial charge in [0.2, 0.25) is 11.7 Å². The number of aliphatic imine (C=N–C) groups is 2. The molecule has 0 spiro atoms. The molecule has 1 aromatic carbocycles. The molecule has 0 unspecified atom stereocenters. The SMILES string of the molecule is COc1cc(CN2C(=O)C(O)=C3C(Cl)=NC(=N)N=C32)cc(OC)c1OC. The minimum Gasteiger partial charge on any atom is -0.502 e. The Bertz CT molecular complexity index is 881. The van der Waals surface area contributed by atoms with Gasteiger partial charge in [-0.05, 0) is 17.7 Å². The zero-order valence-electron chi connectivity index (χ0n) is 14.2. The second-order valence-electron chi connectivity index (χ2n) is 5.31. The number of fused-ring (bicyclic) bond motifs is 1. The number of aliphatic hydroxyl groups excluding tert-OH is 1. The number of nitrogens with zero attached hydrogens (tertiary/aromatic N) is 3. The van der Waals surface area contributed by atoms with Crippen molar-refractivity contribution in [1.29, 1.82) is 5.41 Å². The Kier molecular flexibility index (Phi) is 4.56. The van der Waals surface area contributed by atoms with Gasteiger partial charge >= 0.3 is 0 Å². The molecule has 10 heteroatoms. The van der Waals surface area contributed by atoms with Gasteiger partial charge in [0.05, 0.1) is 27.9 Å². The number of amides is 1. The number of hydrogen-bond donors (Lipinski definition) is 2. The quantitative estimate of drug-likeness (QED) is 0.810. The minimum absolute atomic E-state index is 0.0140. The molecule has 0 aliphatic carbocycles. The molecule has 2 aliphatic rings. The van der Waals surface area contributed by atoms with Crippen molar-refractivity contribution >= 4 is 34.5 Å². The van der Waals surface area contributed by atoms with E-state index in [4.69, 9.17) is 31.2 Å². The van der Waals surface area contributed by atoms with Crippen LogP contribution >= 0.6 is 11.6 Å². The molecule has 136 valence electrons. The first-order valence-corrected chi connectivity index (χ1v) is 7.75. The molecule has 9 nitrogen and oxygen atoms in total. The van der Waals surface area contributed by atoms with Crippen LogP contribution < -0.4 is 14.2 Å². The number of amidine groups is 1. The van der Waals surface area contributed by atoms with Gasteiger partial charge in [0.1, 0.15) is 10.7 Å². The molecule has 2 N–H and O–H groups in total. The van der Waals surface area contributed by atoms with Crippen LogP contribution in [0.1, 0.15) is 5.56 Å². The third-order valence-corrected chi connectivity index (χ3v) is 4.12. The van der Waals surface area contributed by atoms with Crippen molar-refractivity contribution in [2.45, 2.75) is 6.54 Å². The van der Waals surface area contributed by atoms with Crippen LogP contribution in [0.2, 0.25) is 0 Å². The Morgan fingerprint density at radius 1 is 1.15 bits per heavy atom. The molecular weight excluding hydrogens is 364 g/mol. The number of rotatable bonds is 5. The maximum Gasteiger partial charge on any atom is 0.295 e. The first-order chi connectivity index (χ1) is 12.4. The lowest BCUT2D eigenvalue weighted by atomic mass is 10.1. The fourth-order valence-electron chi connectivity index (χ4n) is 2.71. The Morgan fingerprint density at radius 2 is 1.77 bits per heavy atom. The molecule has 0 fully saturated rings. The molecule has 0 saturated carbocycles. The fraction of sp³-hybridized carbons (Fsp3) is 0.250. The van der Waals surface area contributed by atoms with E-state index >= 15 is 0 Å². The summed E-state index contributed by atoms with van der Waals surface area (Å²) in [7, 11) is 4.45. The normalized spacial score (nSPS) is 16.4. The first kappa shape index (κ1) is 17.7. The Balaban J connectivity index is 2.00. The number of nitrogens with one attached hydrogen (secondary N) is 1. The van der Waals surface area contributed by atoms with Crippen molar-refractivity contribution < 1.29 is 24.1 Å². The maximum absolute atomic E-state index is 12.4. The molecule has 0 saturated heterocycles. The number of carbonyl (C=O) groups excluding carboxylic acids is 1. The van der Waals surface area contributed by atoms with Crippen LogP contribution in [0, 0.1) is 5.41 Å². The van der Waals surface area contributed by atoms with E-state index in [0.717, 1.165) is 0 Å². The van der Waals surface area contributed by atoms with E-state index in [1.54, 1.807) is 12.1 Å². The van der Waals surface area contributed by atoms with Crippen LogP contribution in [0.5, 0.6) is 17.2 Å². The van der Waals surface area contributed by atoms with Gasteiger partial charge in [-0.3, -0.25) is 15.1 Å². The summed E-state index contributed by atoms with van der Waals surface area (Å²) in [5.74, 6) is -0.266. The molecule has 2 heterocycles. The molecule has 2 aliphatic heterocycles. The van der Waals surface area contributed by atoms with Gasteiger partial charge in [0.15, 0.2) is 23.1 Å². The highest BCUT2D eigenvalue weighted by atomic mass is 35.5. The van der Waals surface area contributed by atoms with E-state index in [9.17, 15) is 9.90 Å². The van der Waals surface area contributed by atoms with Gasteiger partial charge in [-0.1, -0.05) is 11.6 Å². The summed E-state index contributed by atoms with van der Waals surface area (Å²) >= 11 is 5.95. The largest absolute Gasteiger partial charge is 0.502 e. The number of carbonyl (C=O) groups is 1. The molecule has 3 rings (SSSR count). The summed E-state index contributed by atoms with van der Waals surface area (Å²) in [6.45, 7) is 0.0411. The van der Waals surface area contributed by atoms with E-state index < -0.39 is 11.7 Å². The van der Waals surface area contributed by atoms with Crippen LogP contribution in [-0.4, -0.2) is 54.2 Å². The summed E-state index contributed by atoms with van der Waals surface area (Å²) in [6, 6.07) is 3.35. The average Bonchev–Trinajstić information content (AvgIpc) is 2.85. The predicted molar refractivity (Wildman–Crippen MR) is 94.8 cm³/mol. The highest BCUT2D eigenvalue weighted by Gasteiger charge is 2.40. The number of benzene rings is 1. The Labute approximate surface area is 153 Å². The lowest BCUT2D eigenvalue weighted by Crippen LogP contribution is -2.33. The second-order valence-corrected chi connectivity index (χ2v) is 5.67. The van der Waals surface area contributed by atoms with E-state index in [1.165, 1.54) is 26.2 Å². The lowest BCUT2D eigenvalue weighted by molar-refractivity contribution is -0.125. The minimum atomic E-state index is -0.685. The third kappa shape index (κ3) is 2.76. The highest BCUT2D eigenvalue weighted by molar-refractivity contribution is 6.75. The smallest absolute Gasteiger partial charge is 0.295 e. The number of halogens is 1. The molecular formula is C16H15ClN4O5. The van der Waals surface area contributed by atoms with Crippen LogP contribution in [0.15, 0.2) is 33.4 Å². The average molecular weight is 379 g/mol. The zero-order valence-corrected chi connectivity index (χ0v) is 14.9. The van der Waals surface area contributed by atoms with E-state index in [-0.39, 0.29) is 29.1 Å². The Morgan fingerprint density at radius 3 is 2.31 bits per heavy atom. The molecule has 1 amide bonds. The topological polar surface area (TPSA) is 117 Å². The molecule has 0 atom stereocenters. The summed E-state index contributed by atoms with van der Waals surface area (Å²) in [6.07, 6.45) is 0. The number of aliphatic hydroxyl groups is 1. The number of methoxy groups -OCH3 is 3. The van der Waals surface area contributed by atoms with Gasteiger partial charge in [0.25, 0.3) is 5.91 Å². The van der Waals surface area contributed by atoms with E-state index in [2.05, 4.69) is 9.98 Å². The zero-order chi connectivity index (χ0) is 19.0. The molecule has 0 radical (unpaired) electrons. The first-order valence-electron chi connectivity index (χ1n) is 7.37. The van der Waals surface area contributed by atoms with Crippen molar-refractivity contribution in [3.8, 4) is 17.2 Å². The van der Waals surface area contributed by atoms with Crippen LogP contribution in [0.3, 0.4) is 0 Å². The summed E-state index contributed by atoms with van der Waals surface area (Å²) in [5, 5.41) is 17.5. The summed E-state index contributed by atoms with van der Waals surface area (Å²) in [5.41, 5.74) is 0.648. The molecule has 1 aromatic rings. The number of guanidine groups is 1. The highest BCUT2D eigenvalue weighted by Crippen LogP contribution is 2.39. The van der Waals surface area contributed by atoms with Crippen molar-refractivity contribution in [3.05, 3.63) is 29.0 Å². The van der Waals surface area contributed by atoms with Gasteiger partial charge in [-0.25, -0.2) is 0 Å². The Hall–Kier alpha value is -3.07. The summed E-state index contributed by atoms with van der Waals surface area (Å²) < 4.78 is 15.9. The van der Waals surface area contributed by atoms with E-state index in [1.807, 2.05) is 0 Å². The van der Waals surface area contributed by atoms with Gasteiger partial charge in [0, 0.05) is 0 Å².